The second kappa shape index (κ2) is 8.78. The first kappa shape index (κ1) is 17.6. The van der Waals surface area contributed by atoms with Gasteiger partial charge in [0, 0.05) is 10.9 Å². The van der Waals surface area contributed by atoms with Gasteiger partial charge in [-0.1, -0.05) is 30.2 Å². The van der Waals surface area contributed by atoms with Gasteiger partial charge in [0.2, 0.25) is 5.91 Å². The van der Waals surface area contributed by atoms with E-state index >= 15 is 0 Å². The van der Waals surface area contributed by atoms with Crippen molar-refractivity contribution in [3.8, 4) is 0 Å². The highest BCUT2D eigenvalue weighted by Crippen LogP contribution is 2.27. The van der Waals surface area contributed by atoms with Gasteiger partial charge in [-0.2, -0.15) is 0 Å². The molecule has 3 nitrogen and oxygen atoms in total. The third kappa shape index (κ3) is 4.85. The molecule has 1 saturated carbocycles. The van der Waals surface area contributed by atoms with Crippen LogP contribution >= 0.6 is 35.8 Å². The maximum atomic E-state index is 11.9. The maximum absolute atomic E-state index is 11.9. The van der Waals surface area contributed by atoms with Crippen LogP contribution in [0.25, 0.3) is 0 Å². The summed E-state index contributed by atoms with van der Waals surface area (Å²) >= 11 is 7.53. The molecular formula is C14H20Cl2N2OS. The van der Waals surface area contributed by atoms with Crippen LogP contribution in [0.2, 0.25) is 5.02 Å². The second-order valence-electron chi connectivity index (χ2n) is 4.82. The molecule has 0 heterocycles. The van der Waals surface area contributed by atoms with Crippen molar-refractivity contribution in [2.45, 2.75) is 30.2 Å². The normalized spacial score (nSPS) is 21.3. The fourth-order valence-electron chi connectivity index (χ4n) is 2.46. The number of carbonyl (C=O) groups is 1. The van der Waals surface area contributed by atoms with Gasteiger partial charge in [0.1, 0.15) is 0 Å². The van der Waals surface area contributed by atoms with E-state index in [2.05, 4.69) is 5.32 Å². The molecule has 0 spiro atoms. The molecule has 1 aromatic rings. The van der Waals surface area contributed by atoms with Gasteiger partial charge in [-0.3, -0.25) is 4.79 Å². The highest BCUT2D eigenvalue weighted by molar-refractivity contribution is 8.00. The van der Waals surface area contributed by atoms with E-state index in [-0.39, 0.29) is 24.4 Å². The lowest BCUT2D eigenvalue weighted by molar-refractivity contribution is -0.119. The van der Waals surface area contributed by atoms with E-state index in [0.29, 0.717) is 23.2 Å². The Morgan fingerprint density at radius 3 is 2.85 bits per heavy atom. The lowest BCUT2D eigenvalue weighted by atomic mass is 10.0. The Bertz CT molecular complexity index is 445. The zero-order chi connectivity index (χ0) is 13.7. The molecule has 0 radical (unpaired) electrons. The van der Waals surface area contributed by atoms with Crippen molar-refractivity contribution in [2.24, 2.45) is 11.7 Å². The highest BCUT2D eigenvalue weighted by Gasteiger charge is 2.27. The Balaban J connectivity index is 0.00000200. The van der Waals surface area contributed by atoms with Crippen molar-refractivity contribution in [1.29, 1.82) is 0 Å². The molecule has 0 bridgehead atoms. The molecule has 0 saturated heterocycles. The molecule has 2 atom stereocenters. The van der Waals surface area contributed by atoms with Crippen molar-refractivity contribution in [2.75, 3.05) is 12.3 Å². The van der Waals surface area contributed by atoms with Gasteiger partial charge in [-0.05, 0) is 37.4 Å². The molecule has 2 unspecified atom stereocenters. The number of halogens is 2. The minimum Gasteiger partial charge on any atom is -0.352 e. The lowest BCUT2D eigenvalue weighted by Crippen LogP contribution is -2.40. The summed E-state index contributed by atoms with van der Waals surface area (Å²) in [6, 6.07) is 7.83. The third-order valence-electron chi connectivity index (χ3n) is 3.50. The molecule has 3 N–H and O–H groups in total. The SMILES string of the molecule is Cl.NCC1CCCC1NC(=O)CSc1ccccc1Cl. The Hall–Kier alpha value is -0.420. The number of nitrogens with two attached hydrogens (primary N) is 1. The second-order valence-corrected chi connectivity index (χ2v) is 6.24. The first-order valence-electron chi connectivity index (χ1n) is 6.57. The van der Waals surface area contributed by atoms with Crippen molar-refractivity contribution in [3.63, 3.8) is 0 Å². The van der Waals surface area contributed by atoms with Gasteiger partial charge in [-0.25, -0.2) is 0 Å². The number of thioether (sulfide) groups is 1. The molecule has 1 fully saturated rings. The molecule has 0 aliphatic heterocycles. The van der Waals surface area contributed by atoms with Gasteiger partial charge in [0.05, 0.1) is 10.8 Å². The summed E-state index contributed by atoms with van der Waals surface area (Å²) in [4.78, 5) is 12.9. The van der Waals surface area contributed by atoms with Gasteiger partial charge >= 0.3 is 0 Å². The van der Waals surface area contributed by atoms with Crippen LogP contribution in [0.4, 0.5) is 0 Å². The Labute approximate surface area is 135 Å². The quantitative estimate of drug-likeness (QED) is 0.813. The van der Waals surface area contributed by atoms with E-state index < -0.39 is 0 Å². The molecule has 0 aromatic heterocycles. The van der Waals surface area contributed by atoms with Crippen molar-refractivity contribution >= 4 is 41.7 Å². The first-order chi connectivity index (χ1) is 9.20. The standard InChI is InChI=1S/C14H19ClN2OS.ClH/c15-11-5-1-2-7-13(11)19-9-14(18)17-12-6-3-4-10(12)8-16;/h1-2,5,7,10,12H,3-4,6,8-9,16H2,(H,17,18);1H. The van der Waals surface area contributed by atoms with E-state index in [1.54, 1.807) is 0 Å². The number of rotatable bonds is 5. The number of amides is 1. The van der Waals surface area contributed by atoms with Crippen LogP contribution in [0.1, 0.15) is 19.3 Å². The summed E-state index contributed by atoms with van der Waals surface area (Å²) in [5, 5.41) is 3.78. The fourth-order valence-corrected chi connectivity index (χ4v) is 3.51. The molecule has 2 rings (SSSR count). The van der Waals surface area contributed by atoms with Crippen LogP contribution in [-0.2, 0) is 4.79 Å². The minimum absolute atomic E-state index is 0. The Kier molecular flexibility index (Phi) is 7.74. The zero-order valence-electron chi connectivity index (χ0n) is 11.2. The lowest BCUT2D eigenvalue weighted by Gasteiger charge is -2.19. The molecule has 20 heavy (non-hydrogen) atoms. The van der Waals surface area contributed by atoms with Crippen molar-refractivity contribution in [1.82, 2.24) is 5.32 Å². The number of hydrogen-bond acceptors (Lipinski definition) is 3. The molecule has 112 valence electrons. The van der Waals surface area contributed by atoms with Crippen LogP contribution in [0.15, 0.2) is 29.2 Å². The van der Waals surface area contributed by atoms with Crippen LogP contribution in [0.3, 0.4) is 0 Å². The first-order valence-corrected chi connectivity index (χ1v) is 7.94. The topological polar surface area (TPSA) is 55.1 Å². The fraction of sp³-hybridized carbons (Fsp3) is 0.500. The molecule has 6 heteroatoms. The van der Waals surface area contributed by atoms with Crippen LogP contribution in [0, 0.1) is 5.92 Å². The van der Waals surface area contributed by atoms with E-state index in [1.165, 1.54) is 11.8 Å². The molecule has 1 amide bonds. The number of hydrogen-bond donors (Lipinski definition) is 2. The van der Waals surface area contributed by atoms with Gasteiger partial charge in [0.15, 0.2) is 0 Å². The minimum atomic E-state index is 0. The predicted octanol–water partition coefficient (Wildman–Crippen LogP) is 3.10. The average Bonchev–Trinajstić information content (AvgIpc) is 2.85. The average molecular weight is 335 g/mol. The van der Waals surface area contributed by atoms with E-state index in [9.17, 15) is 4.79 Å². The molecule has 1 aliphatic rings. The smallest absolute Gasteiger partial charge is 0.230 e. The largest absolute Gasteiger partial charge is 0.352 e. The van der Waals surface area contributed by atoms with E-state index in [4.69, 9.17) is 17.3 Å². The number of nitrogens with one attached hydrogen (secondary N) is 1. The van der Waals surface area contributed by atoms with E-state index in [0.717, 1.165) is 24.2 Å². The monoisotopic (exact) mass is 334 g/mol. The Morgan fingerprint density at radius 1 is 1.40 bits per heavy atom. The van der Waals surface area contributed by atoms with Crippen LogP contribution in [-0.4, -0.2) is 24.2 Å². The summed E-state index contributed by atoms with van der Waals surface area (Å²) in [5.74, 6) is 0.905. The van der Waals surface area contributed by atoms with Crippen LogP contribution in [0.5, 0.6) is 0 Å². The Morgan fingerprint density at radius 2 is 2.15 bits per heavy atom. The third-order valence-corrected chi connectivity index (χ3v) is 5.02. The number of carbonyl (C=O) groups excluding carboxylic acids is 1. The summed E-state index contributed by atoms with van der Waals surface area (Å²) < 4.78 is 0. The molecule has 1 aromatic carbocycles. The highest BCUT2D eigenvalue weighted by atomic mass is 35.5. The maximum Gasteiger partial charge on any atom is 0.230 e. The summed E-state index contributed by atoms with van der Waals surface area (Å²) in [6.07, 6.45) is 3.33. The van der Waals surface area contributed by atoms with E-state index in [1.807, 2.05) is 24.3 Å². The summed E-state index contributed by atoms with van der Waals surface area (Å²) in [5.41, 5.74) is 5.71. The van der Waals surface area contributed by atoms with Gasteiger partial charge in [0.25, 0.3) is 0 Å². The van der Waals surface area contributed by atoms with Crippen LogP contribution < -0.4 is 11.1 Å². The van der Waals surface area contributed by atoms with Crippen molar-refractivity contribution in [3.05, 3.63) is 29.3 Å². The zero-order valence-corrected chi connectivity index (χ0v) is 13.6. The predicted molar refractivity (Wildman–Crippen MR) is 87.8 cm³/mol. The summed E-state index contributed by atoms with van der Waals surface area (Å²) in [7, 11) is 0. The van der Waals surface area contributed by atoms with Gasteiger partial charge < -0.3 is 11.1 Å². The molecule has 1 aliphatic carbocycles. The number of benzene rings is 1. The van der Waals surface area contributed by atoms with Crippen molar-refractivity contribution < 1.29 is 4.79 Å². The molecular weight excluding hydrogens is 315 g/mol. The summed E-state index contributed by atoms with van der Waals surface area (Å²) in [6.45, 7) is 0.655. The van der Waals surface area contributed by atoms with Gasteiger partial charge in [-0.15, -0.1) is 24.2 Å².